The number of nitrogen functional groups attached to an aromatic ring is 1. The normalized spacial score (nSPS) is 18.2. The number of rotatable bonds is 5. The predicted octanol–water partition coefficient (Wildman–Crippen LogP) is 3.11. The number of ether oxygens (including phenoxy) is 3. The minimum absolute atomic E-state index is 0.0816. The molecule has 0 aliphatic carbocycles. The lowest BCUT2D eigenvalue weighted by Crippen LogP contribution is -2.38. The van der Waals surface area contributed by atoms with E-state index in [1.54, 1.807) is 0 Å². The number of hydrogen-bond acceptors (Lipinski definition) is 6. The molecule has 1 fully saturated rings. The summed E-state index contributed by atoms with van der Waals surface area (Å²) >= 11 is 6.13. The van der Waals surface area contributed by atoms with Gasteiger partial charge in [-0.1, -0.05) is 24.9 Å². The molecular weight excluding hydrogens is 344 g/mol. The van der Waals surface area contributed by atoms with Crippen LogP contribution in [0.15, 0.2) is 6.07 Å². The Morgan fingerprint density at radius 1 is 1.32 bits per heavy atom. The summed E-state index contributed by atoms with van der Waals surface area (Å²) in [6.45, 7) is 5.96. The molecule has 25 heavy (non-hydrogen) atoms. The van der Waals surface area contributed by atoms with Gasteiger partial charge in [0.2, 0.25) is 0 Å². The summed E-state index contributed by atoms with van der Waals surface area (Å²) in [7, 11) is 0. The molecule has 2 N–H and O–H groups in total. The van der Waals surface area contributed by atoms with E-state index in [9.17, 15) is 4.79 Å². The quantitative estimate of drug-likeness (QED) is 0.635. The van der Waals surface area contributed by atoms with Crippen LogP contribution in [0.3, 0.4) is 0 Å². The van der Waals surface area contributed by atoms with E-state index >= 15 is 0 Å². The van der Waals surface area contributed by atoms with Crippen LogP contribution >= 0.6 is 11.6 Å². The maximum absolute atomic E-state index is 12.6. The summed E-state index contributed by atoms with van der Waals surface area (Å²) in [6, 6.07) is 1.50. The molecule has 0 saturated carbocycles. The van der Waals surface area contributed by atoms with E-state index < -0.39 is 5.97 Å². The molecule has 0 bridgehead atoms. The lowest BCUT2D eigenvalue weighted by Gasteiger charge is -2.31. The van der Waals surface area contributed by atoms with E-state index in [-0.39, 0.29) is 22.4 Å². The average Bonchev–Trinajstić information content (AvgIpc) is 2.64. The Morgan fingerprint density at radius 2 is 2.00 bits per heavy atom. The third kappa shape index (κ3) is 4.12. The summed E-state index contributed by atoms with van der Waals surface area (Å²) in [5.41, 5.74) is 6.49. The van der Waals surface area contributed by atoms with Crippen molar-refractivity contribution in [3.63, 3.8) is 0 Å². The van der Waals surface area contributed by atoms with Gasteiger partial charge in [0, 0.05) is 13.1 Å². The van der Waals surface area contributed by atoms with Crippen LogP contribution in [0.5, 0.6) is 11.5 Å². The van der Waals surface area contributed by atoms with Crippen molar-refractivity contribution in [1.29, 1.82) is 0 Å². The van der Waals surface area contributed by atoms with Crippen molar-refractivity contribution < 1.29 is 19.0 Å². The van der Waals surface area contributed by atoms with Gasteiger partial charge in [-0.25, -0.2) is 4.79 Å². The first-order chi connectivity index (χ1) is 12.1. The maximum Gasteiger partial charge on any atom is 0.342 e. The predicted molar refractivity (Wildman–Crippen MR) is 96.6 cm³/mol. The van der Waals surface area contributed by atoms with Crippen LogP contribution in [0.2, 0.25) is 5.02 Å². The number of piperidine rings is 1. The molecule has 0 amide bonds. The molecule has 1 aromatic carbocycles. The first-order valence-corrected chi connectivity index (χ1v) is 9.28. The molecule has 7 heteroatoms. The number of benzene rings is 1. The SMILES string of the molecule is CCCCN1CCC(OC(=O)c2cc(Cl)c(N)c3c2OCCO3)CC1. The van der Waals surface area contributed by atoms with Gasteiger partial charge >= 0.3 is 5.97 Å². The molecule has 0 unspecified atom stereocenters. The second-order valence-corrected chi connectivity index (χ2v) is 6.88. The van der Waals surface area contributed by atoms with Crippen molar-refractivity contribution in [2.75, 3.05) is 38.6 Å². The highest BCUT2D eigenvalue weighted by Crippen LogP contribution is 2.43. The Hall–Kier alpha value is -1.66. The van der Waals surface area contributed by atoms with E-state index in [1.807, 2.05) is 0 Å². The molecule has 0 spiro atoms. The number of halogens is 1. The fourth-order valence-electron chi connectivity index (χ4n) is 3.20. The number of anilines is 1. The minimum Gasteiger partial charge on any atom is -0.485 e. The number of nitrogens with two attached hydrogens (primary N) is 1. The van der Waals surface area contributed by atoms with Crippen molar-refractivity contribution in [3.8, 4) is 11.5 Å². The van der Waals surface area contributed by atoms with Crippen LogP contribution in [0, 0.1) is 0 Å². The molecule has 2 heterocycles. The molecule has 0 radical (unpaired) electrons. The number of unbranched alkanes of at least 4 members (excludes halogenated alkanes) is 1. The van der Waals surface area contributed by atoms with Gasteiger partial charge in [0.1, 0.15) is 24.9 Å². The minimum atomic E-state index is -0.435. The van der Waals surface area contributed by atoms with Crippen molar-refractivity contribution in [2.24, 2.45) is 0 Å². The molecule has 0 aromatic heterocycles. The van der Waals surface area contributed by atoms with Crippen LogP contribution in [0.1, 0.15) is 43.0 Å². The van der Waals surface area contributed by atoms with E-state index in [4.69, 9.17) is 31.5 Å². The van der Waals surface area contributed by atoms with Gasteiger partial charge in [-0.05, 0) is 31.9 Å². The summed E-state index contributed by atoms with van der Waals surface area (Å²) < 4.78 is 16.8. The molecular formula is C18H25ClN2O4. The number of fused-ring (bicyclic) bond motifs is 1. The number of carbonyl (C=O) groups excluding carboxylic acids is 1. The molecule has 3 rings (SSSR count). The van der Waals surface area contributed by atoms with Crippen molar-refractivity contribution in [2.45, 2.75) is 38.7 Å². The first-order valence-electron chi connectivity index (χ1n) is 8.91. The Bertz CT molecular complexity index is 630. The first kappa shape index (κ1) is 18.1. The van der Waals surface area contributed by atoms with Crippen molar-refractivity contribution in [1.82, 2.24) is 4.90 Å². The fraction of sp³-hybridized carbons (Fsp3) is 0.611. The third-order valence-corrected chi connectivity index (χ3v) is 4.97. The Kier molecular flexibility index (Phi) is 5.91. The van der Waals surface area contributed by atoms with Crippen molar-refractivity contribution >= 4 is 23.3 Å². The highest BCUT2D eigenvalue weighted by atomic mass is 35.5. The van der Waals surface area contributed by atoms with E-state index in [0.29, 0.717) is 24.7 Å². The number of likely N-dealkylation sites (tertiary alicyclic amines) is 1. The van der Waals surface area contributed by atoms with Gasteiger partial charge in [-0.3, -0.25) is 0 Å². The van der Waals surface area contributed by atoms with Crippen molar-refractivity contribution in [3.05, 3.63) is 16.7 Å². The Morgan fingerprint density at radius 3 is 2.68 bits per heavy atom. The third-order valence-electron chi connectivity index (χ3n) is 4.66. The van der Waals surface area contributed by atoms with Gasteiger partial charge < -0.3 is 24.8 Å². The van der Waals surface area contributed by atoms with Gasteiger partial charge in [0.25, 0.3) is 0 Å². The molecule has 2 aliphatic rings. The average molecular weight is 369 g/mol. The fourth-order valence-corrected chi connectivity index (χ4v) is 3.39. The summed E-state index contributed by atoms with van der Waals surface area (Å²) in [5, 5.41) is 0.269. The van der Waals surface area contributed by atoms with Gasteiger partial charge in [-0.15, -0.1) is 0 Å². The van der Waals surface area contributed by atoms with E-state index in [1.165, 1.54) is 18.9 Å². The molecule has 1 aromatic rings. The Balaban J connectivity index is 1.65. The number of esters is 1. The van der Waals surface area contributed by atoms with Crippen LogP contribution in [0.4, 0.5) is 5.69 Å². The van der Waals surface area contributed by atoms with Crippen LogP contribution in [-0.4, -0.2) is 49.8 Å². The highest BCUT2D eigenvalue weighted by molar-refractivity contribution is 6.34. The number of hydrogen-bond donors (Lipinski definition) is 1. The van der Waals surface area contributed by atoms with Gasteiger partial charge in [0.15, 0.2) is 11.5 Å². The number of nitrogens with zero attached hydrogens (tertiary/aromatic N) is 1. The van der Waals surface area contributed by atoms with Crippen LogP contribution in [-0.2, 0) is 4.74 Å². The summed E-state index contributed by atoms with van der Waals surface area (Å²) in [6.07, 6.45) is 4.01. The molecule has 0 atom stereocenters. The standard InChI is InChI=1S/C18H25ClN2O4/c1-2-3-6-21-7-4-12(5-8-21)25-18(22)13-11-14(19)15(20)17-16(13)23-9-10-24-17/h11-12H,2-10,20H2,1H3. The zero-order chi connectivity index (χ0) is 17.8. The summed E-state index contributed by atoms with van der Waals surface area (Å²) in [4.78, 5) is 15.1. The smallest absolute Gasteiger partial charge is 0.342 e. The topological polar surface area (TPSA) is 74.0 Å². The zero-order valence-electron chi connectivity index (χ0n) is 14.6. The molecule has 1 saturated heterocycles. The summed E-state index contributed by atoms with van der Waals surface area (Å²) in [5.74, 6) is 0.231. The zero-order valence-corrected chi connectivity index (χ0v) is 15.3. The van der Waals surface area contributed by atoms with Crippen LogP contribution < -0.4 is 15.2 Å². The van der Waals surface area contributed by atoms with Crippen LogP contribution in [0.25, 0.3) is 0 Å². The van der Waals surface area contributed by atoms with E-state index in [2.05, 4.69) is 11.8 Å². The molecule has 2 aliphatic heterocycles. The Labute approximate surface area is 153 Å². The number of carbonyl (C=O) groups is 1. The molecule has 138 valence electrons. The largest absolute Gasteiger partial charge is 0.485 e. The lowest BCUT2D eigenvalue weighted by molar-refractivity contribution is 0.0106. The highest BCUT2D eigenvalue weighted by Gasteiger charge is 2.29. The van der Waals surface area contributed by atoms with Gasteiger partial charge in [-0.2, -0.15) is 0 Å². The maximum atomic E-state index is 12.6. The monoisotopic (exact) mass is 368 g/mol. The molecule has 6 nitrogen and oxygen atoms in total. The lowest BCUT2D eigenvalue weighted by atomic mass is 10.1. The second kappa shape index (κ2) is 8.15. The van der Waals surface area contributed by atoms with E-state index in [0.717, 1.165) is 32.5 Å². The van der Waals surface area contributed by atoms with Gasteiger partial charge in [0.05, 0.1) is 10.7 Å². The second-order valence-electron chi connectivity index (χ2n) is 6.47.